The molecule has 0 aliphatic heterocycles. The van der Waals surface area contributed by atoms with Gasteiger partial charge in [-0.15, -0.1) is 11.8 Å². The molecule has 0 unspecified atom stereocenters. The maximum absolute atomic E-state index is 13.0. The Morgan fingerprint density at radius 3 is 2.16 bits per heavy atom. The van der Waals surface area contributed by atoms with Crippen LogP contribution in [0.3, 0.4) is 0 Å². The lowest BCUT2D eigenvalue weighted by molar-refractivity contribution is -0.140. The van der Waals surface area contributed by atoms with Crippen LogP contribution in [0, 0.1) is 13.8 Å². The summed E-state index contributed by atoms with van der Waals surface area (Å²) in [5.41, 5.74) is 3.23. The standard InChI is InChI=1S/C26H25NO3S2/c1-18-9-12-24(17-19(18)2)31-16-15-25(27-30-20(3)28)26(29)21-10-13-23(14-11-21)32-22-7-5-4-6-8-22/h4-14,17H,15-16H2,1-3H3. The van der Waals surface area contributed by atoms with Gasteiger partial charge in [0.05, 0.1) is 0 Å². The first-order valence-corrected chi connectivity index (χ1v) is 12.0. The molecule has 0 saturated carbocycles. The number of aryl methyl sites for hydroxylation is 2. The lowest BCUT2D eigenvalue weighted by Crippen LogP contribution is -2.16. The van der Waals surface area contributed by atoms with Crippen LogP contribution in [0.5, 0.6) is 0 Å². The summed E-state index contributed by atoms with van der Waals surface area (Å²) in [6.07, 6.45) is 0.393. The number of carbonyl (C=O) groups excluding carboxylic acids is 2. The van der Waals surface area contributed by atoms with Crippen molar-refractivity contribution in [1.82, 2.24) is 0 Å². The quantitative estimate of drug-likeness (QED) is 0.116. The Balaban J connectivity index is 1.67. The van der Waals surface area contributed by atoms with Gasteiger partial charge in [0.15, 0.2) is 0 Å². The fourth-order valence-electron chi connectivity index (χ4n) is 2.85. The topological polar surface area (TPSA) is 55.7 Å². The predicted octanol–water partition coefficient (Wildman–Crippen LogP) is 6.74. The first-order valence-electron chi connectivity index (χ1n) is 10.2. The summed E-state index contributed by atoms with van der Waals surface area (Å²) >= 11 is 3.28. The molecule has 4 nitrogen and oxygen atoms in total. The average Bonchev–Trinajstić information content (AvgIpc) is 2.79. The van der Waals surface area contributed by atoms with Crippen molar-refractivity contribution in [2.75, 3.05) is 5.75 Å². The van der Waals surface area contributed by atoms with Crippen molar-refractivity contribution >= 4 is 41.0 Å². The van der Waals surface area contributed by atoms with Gasteiger partial charge in [-0.2, -0.15) is 0 Å². The first kappa shape index (κ1) is 23.8. The van der Waals surface area contributed by atoms with Gasteiger partial charge in [0.25, 0.3) is 0 Å². The van der Waals surface area contributed by atoms with Gasteiger partial charge in [-0.3, -0.25) is 4.79 Å². The van der Waals surface area contributed by atoms with Crippen LogP contribution < -0.4 is 0 Å². The minimum atomic E-state index is -0.549. The van der Waals surface area contributed by atoms with Gasteiger partial charge in [0, 0.05) is 39.3 Å². The number of hydrogen-bond acceptors (Lipinski definition) is 6. The van der Waals surface area contributed by atoms with Crippen LogP contribution in [-0.2, 0) is 9.63 Å². The Bertz CT molecular complexity index is 1110. The molecule has 0 bridgehead atoms. The Kier molecular flexibility index (Phi) is 8.71. The zero-order valence-corrected chi connectivity index (χ0v) is 20.0. The van der Waals surface area contributed by atoms with E-state index in [1.54, 1.807) is 35.7 Å². The van der Waals surface area contributed by atoms with E-state index in [-0.39, 0.29) is 11.5 Å². The van der Waals surface area contributed by atoms with E-state index in [0.29, 0.717) is 17.7 Å². The Morgan fingerprint density at radius 2 is 1.50 bits per heavy atom. The summed E-state index contributed by atoms with van der Waals surface area (Å²) in [7, 11) is 0. The summed E-state index contributed by atoms with van der Waals surface area (Å²) in [5, 5.41) is 3.85. The maximum Gasteiger partial charge on any atom is 0.331 e. The van der Waals surface area contributed by atoms with Crippen LogP contribution in [0.2, 0.25) is 0 Å². The third-order valence-corrected chi connectivity index (χ3v) is 6.74. The zero-order valence-electron chi connectivity index (χ0n) is 18.3. The first-order chi connectivity index (χ1) is 15.4. The van der Waals surface area contributed by atoms with Gasteiger partial charge >= 0.3 is 5.97 Å². The van der Waals surface area contributed by atoms with Crippen molar-refractivity contribution in [2.45, 2.75) is 41.9 Å². The molecule has 0 N–H and O–H groups in total. The van der Waals surface area contributed by atoms with Crippen LogP contribution in [-0.4, -0.2) is 23.2 Å². The fourth-order valence-corrected chi connectivity index (χ4v) is 4.65. The molecule has 0 fully saturated rings. The second kappa shape index (κ2) is 11.7. The number of rotatable bonds is 9. The molecule has 3 rings (SSSR count). The molecular weight excluding hydrogens is 438 g/mol. The monoisotopic (exact) mass is 463 g/mol. The normalized spacial score (nSPS) is 11.3. The number of thioether (sulfide) groups is 1. The van der Waals surface area contributed by atoms with Gasteiger partial charge in [0.2, 0.25) is 5.78 Å². The zero-order chi connectivity index (χ0) is 22.9. The Labute approximate surface area is 197 Å². The number of ketones is 1. The lowest BCUT2D eigenvalue weighted by Gasteiger charge is -2.08. The van der Waals surface area contributed by atoms with E-state index in [1.165, 1.54) is 18.1 Å². The molecule has 0 amide bonds. The highest BCUT2D eigenvalue weighted by atomic mass is 32.2. The molecule has 0 spiro atoms. The molecule has 0 aliphatic carbocycles. The van der Waals surface area contributed by atoms with Crippen molar-refractivity contribution in [3.8, 4) is 0 Å². The van der Waals surface area contributed by atoms with Crippen LogP contribution in [0.1, 0.15) is 34.8 Å². The molecule has 3 aromatic rings. The highest BCUT2D eigenvalue weighted by Gasteiger charge is 2.16. The molecule has 0 aromatic heterocycles. The number of nitrogens with zero attached hydrogens (tertiary/aromatic N) is 1. The number of benzene rings is 3. The molecule has 0 atom stereocenters. The van der Waals surface area contributed by atoms with E-state index in [4.69, 9.17) is 4.84 Å². The summed E-state index contributed by atoms with van der Waals surface area (Å²) in [4.78, 5) is 32.4. The highest BCUT2D eigenvalue weighted by molar-refractivity contribution is 7.99. The van der Waals surface area contributed by atoms with E-state index < -0.39 is 5.97 Å². The number of carbonyl (C=O) groups is 2. The maximum atomic E-state index is 13.0. The molecular formula is C26H25NO3S2. The largest absolute Gasteiger partial charge is 0.331 e. The van der Waals surface area contributed by atoms with Gasteiger partial charge in [0.1, 0.15) is 5.71 Å². The molecule has 164 valence electrons. The van der Waals surface area contributed by atoms with E-state index in [1.807, 2.05) is 42.5 Å². The number of hydrogen-bond donors (Lipinski definition) is 0. The fraction of sp³-hybridized carbons (Fsp3) is 0.192. The molecule has 0 saturated heterocycles. The van der Waals surface area contributed by atoms with E-state index in [2.05, 4.69) is 37.2 Å². The van der Waals surface area contributed by atoms with Crippen LogP contribution in [0.25, 0.3) is 0 Å². The SMILES string of the molecule is CC(=O)ON=C(CCSc1ccc(C)c(C)c1)C(=O)c1ccc(Sc2ccccc2)cc1. The van der Waals surface area contributed by atoms with Crippen molar-refractivity contribution in [3.63, 3.8) is 0 Å². The third kappa shape index (κ3) is 7.11. The molecule has 6 heteroatoms. The molecule has 0 radical (unpaired) electrons. The smallest absolute Gasteiger partial charge is 0.318 e. The van der Waals surface area contributed by atoms with Crippen LogP contribution in [0.15, 0.2) is 92.6 Å². The Hall–Kier alpha value is -2.83. The van der Waals surface area contributed by atoms with Crippen LogP contribution in [0.4, 0.5) is 0 Å². The second-order valence-electron chi connectivity index (χ2n) is 7.23. The van der Waals surface area contributed by atoms with Crippen LogP contribution >= 0.6 is 23.5 Å². The molecule has 3 aromatic carbocycles. The van der Waals surface area contributed by atoms with Gasteiger partial charge < -0.3 is 4.84 Å². The minimum absolute atomic E-state index is 0.233. The van der Waals surface area contributed by atoms with E-state index in [9.17, 15) is 9.59 Å². The Morgan fingerprint density at radius 1 is 0.844 bits per heavy atom. The predicted molar refractivity (Wildman–Crippen MR) is 132 cm³/mol. The average molecular weight is 464 g/mol. The van der Waals surface area contributed by atoms with Gasteiger partial charge in [-0.25, -0.2) is 4.79 Å². The number of oxime groups is 1. The summed E-state index contributed by atoms with van der Waals surface area (Å²) in [5.74, 6) is -0.133. The summed E-state index contributed by atoms with van der Waals surface area (Å²) in [6.45, 7) is 5.43. The molecule has 32 heavy (non-hydrogen) atoms. The summed E-state index contributed by atoms with van der Waals surface area (Å²) in [6, 6.07) is 23.7. The van der Waals surface area contributed by atoms with Crippen molar-refractivity contribution in [3.05, 3.63) is 89.5 Å². The molecule has 0 heterocycles. The van der Waals surface area contributed by atoms with Gasteiger partial charge in [-0.1, -0.05) is 41.2 Å². The highest BCUT2D eigenvalue weighted by Crippen LogP contribution is 2.28. The second-order valence-corrected chi connectivity index (χ2v) is 9.55. The van der Waals surface area contributed by atoms with Crippen molar-refractivity contribution in [1.29, 1.82) is 0 Å². The number of Topliss-reactive ketones (excluding diaryl/α,β-unsaturated/α-hetero) is 1. The lowest BCUT2D eigenvalue weighted by atomic mass is 10.1. The van der Waals surface area contributed by atoms with Crippen molar-refractivity contribution < 1.29 is 14.4 Å². The third-order valence-electron chi connectivity index (χ3n) is 4.73. The van der Waals surface area contributed by atoms with Gasteiger partial charge in [-0.05, 0) is 73.5 Å². The minimum Gasteiger partial charge on any atom is -0.318 e. The molecule has 0 aliphatic rings. The van der Waals surface area contributed by atoms with E-state index >= 15 is 0 Å². The van der Waals surface area contributed by atoms with E-state index in [0.717, 1.165) is 14.7 Å². The van der Waals surface area contributed by atoms with Crippen molar-refractivity contribution in [2.24, 2.45) is 5.16 Å². The summed E-state index contributed by atoms with van der Waals surface area (Å²) < 4.78 is 0.